The molecule has 27 heavy (non-hydrogen) atoms. The summed E-state index contributed by atoms with van der Waals surface area (Å²) in [5.74, 6) is 1.35. The van der Waals surface area contributed by atoms with E-state index >= 15 is 0 Å². The Kier molecular flexibility index (Phi) is 6.30. The molecule has 1 saturated carbocycles. The average molecular weight is 373 g/mol. The Bertz CT molecular complexity index is 624. The van der Waals surface area contributed by atoms with Gasteiger partial charge in [-0.3, -0.25) is 9.69 Å². The summed E-state index contributed by atoms with van der Waals surface area (Å²) in [5, 5.41) is 0. The Labute approximate surface area is 162 Å². The average Bonchev–Trinajstić information content (AvgIpc) is 3.28. The van der Waals surface area contributed by atoms with Crippen molar-refractivity contribution in [3.8, 4) is 5.75 Å². The van der Waals surface area contributed by atoms with Crippen molar-refractivity contribution < 1.29 is 14.3 Å². The van der Waals surface area contributed by atoms with Crippen molar-refractivity contribution in [1.29, 1.82) is 0 Å². The topological polar surface area (TPSA) is 42.0 Å². The summed E-state index contributed by atoms with van der Waals surface area (Å²) in [5.41, 5.74) is 0.683. The fraction of sp³-hybridized carbons (Fsp3) is 0.682. The lowest BCUT2D eigenvalue weighted by Crippen LogP contribution is -2.43. The Morgan fingerprint density at radius 1 is 1.04 bits per heavy atom. The van der Waals surface area contributed by atoms with Crippen LogP contribution in [0.15, 0.2) is 24.3 Å². The fourth-order valence-electron chi connectivity index (χ4n) is 4.75. The first-order valence-corrected chi connectivity index (χ1v) is 10.6. The lowest BCUT2D eigenvalue weighted by Gasteiger charge is -2.36. The smallest absolute Gasteiger partial charge is 0.257 e. The van der Waals surface area contributed by atoms with Gasteiger partial charge in [0.1, 0.15) is 5.75 Å². The number of ether oxygens (including phenoxy) is 2. The molecule has 0 aromatic heterocycles. The molecular weight excluding hydrogens is 340 g/mol. The Morgan fingerprint density at radius 3 is 2.63 bits per heavy atom. The predicted octanol–water partition coefficient (Wildman–Crippen LogP) is 3.19. The Balaban J connectivity index is 1.36. The van der Waals surface area contributed by atoms with Crippen molar-refractivity contribution >= 4 is 5.91 Å². The van der Waals surface area contributed by atoms with E-state index in [-0.39, 0.29) is 5.91 Å². The van der Waals surface area contributed by atoms with Crippen molar-refractivity contribution in [2.45, 2.75) is 44.6 Å². The molecule has 148 valence electrons. The number of carbonyl (C=O) groups is 1. The summed E-state index contributed by atoms with van der Waals surface area (Å²) < 4.78 is 11.6. The standard InChI is InChI=1S/C22H32N2O3/c25-22(23-12-14-26-15-13-23)20-9-3-4-10-21(20)27-17-18-6-5-11-24(16-18)19-7-1-2-8-19/h3-4,9-10,18-19H,1-2,5-8,11-17H2. The number of para-hydroxylation sites is 1. The van der Waals surface area contributed by atoms with Gasteiger partial charge in [0, 0.05) is 31.6 Å². The maximum atomic E-state index is 12.9. The van der Waals surface area contributed by atoms with Crippen LogP contribution in [0.5, 0.6) is 5.75 Å². The van der Waals surface area contributed by atoms with Crippen LogP contribution in [0.1, 0.15) is 48.9 Å². The van der Waals surface area contributed by atoms with Crippen LogP contribution in [-0.2, 0) is 4.74 Å². The second-order valence-electron chi connectivity index (χ2n) is 8.15. The van der Waals surface area contributed by atoms with Gasteiger partial charge in [0.2, 0.25) is 0 Å². The fourth-order valence-corrected chi connectivity index (χ4v) is 4.75. The Hall–Kier alpha value is -1.59. The highest BCUT2D eigenvalue weighted by Crippen LogP contribution is 2.29. The van der Waals surface area contributed by atoms with Crippen LogP contribution in [0.25, 0.3) is 0 Å². The third-order valence-electron chi connectivity index (χ3n) is 6.28. The molecule has 1 amide bonds. The lowest BCUT2D eigenvalue weighted by atomic mass is 9.97. The molecule has 1 aliphatic carbocycles. The second-order valence-corrected chi connectivity index (χ2v) is 8.15. The van der Waals surface area contributed by atoms with Gasteiger partial charge in [0.25, 0.3) is 5.91 Å². The first-order chi connectivity index (χ1) is 13.3. The monoisotopic (exact) mass is 372 g/mol. The molecule has 2 saturated heterocycles. The van der Waals surface area contributed by atoms with Crippen LogP contribution in [0.3, 0.4) is 0 Å². The van der Waals surface area contributed by atoms with Crippen molar-refractivity contribution in [2.75, 3.05) is 46.0 Å². The molecule has 0 radical (unpaired) electrons. The molecular formula is C22H32N2O3. The van der Waals surface area contributed by atoms with Crippen LogP contribution in [0, 0.1) is 5.92 Å². The van der Waals surface area contributed by atoms with Crippen molar-refractivity contribution in [3.05, 3.63) is 29.8 Å². The molecule has 2 heterocycles. The third kappa shape index (κ3) is 4.64. The van der Waals surface area contributed by atoms with E-state index in [1.165, 1.54) is 45.1 Å². The quantitative estimate of drug-likeness (QED) is 0.796. The minimum Gasteiger partial charge on any atom is -0.492 e. The molecule has 5 heteroatoms. The number of rotatable bonds is 5. The number of amides is 1. The van der Waals surface area contributed by atoms with Crippen LogP contribution < -0.4 is 4.74 Å². The van der Waals surface area contributed by atoms with Crippen molar-refractivity contribution in [3.63, 3.8) is 0 Å². The molecule has 5 nitrogen and oxygen atoms in total. The van der Waals surface area contributed by atoms with E-state index in [0.717, 1.165) is 18.3 Å². The summed E-state index contributed by atoms with van der Waals surface area (Å²) in [6, 6.07) is 8.49. The highest BCUT2D eigenvalue weighted by Gasteiger charge is 2.28. The van der Waals surface area contributed by atoms with E-state index in [1.54, 1.807) is 0 Å². The van der Waals surface area contributed by atoms with E-state index in [0.29, 0.717) is 44.4 Å². The highest BCUT2D eigenvalue weighted by atomic mass is 16.5. The molecule has 1 aromatic carbocycles. The summed E-state index contributed by atoms with van der Waals surface area (Å²) in [6.45, 7) is 5.65. The molecule has 0 spiro atoms. The maximum absolute atomic E-state index is 12.9. The van der Waals surface area contributed by atoms with Crippen molar-refractivity contribution in [2.24, 2.45) is 5.92 Å². The molecule has 4 rings (SSSR count). The van der Waals surface area contributed by atoms with Gasteiger partial charge in [0.15, 0.2) is 0 Å². The number of piperidine rings is 1. The van der Waals surface area contributed by atoms with Crippen LogP contribution in [0.2, 0.25) is 0 Å². The van der Waals surface area contributed by atoms with E-state index in [2.05, 4.69) is 4.90 Å². The van der Waals surface area contributed by atoms with Gasteiger partial charge in [-0.2, -0.15) is 0 Å². The molecule has 1 aromatic rings. The molecule has 1 atom stereocenters. The SMILES string of the molecule is O=C(c1ccccc1OCC1CCCN(C2CCCC2)C1)N1CCOCC1. The molecule has 2 aliphatic heterocycles. The van der Waals surface area contributed by atoms with Gasteiger partial charge in [-0.15, -0.1) is 0 Å². The zero-order chi connectivity index (χ0) is 18.5. The molecule has 3 fully saturated rings. The van der Waals surface area contributed by atoms with Gasteiger partial charge < -0.3 is 14.4 Å². The van der Waals surface area contributed by atoms with E-state index in [1.807, 2.05) is 29.2 Å². The minimum absolute atomic E-state index is 0.0603. The van der Waals surface area contributed by atoms with Crippen LogP contribution >= 0.6 is 0 Å². The summed E-state index contributed by atoms with van der Waals surface area (Å²) in [6.07, 6.45) is 8.00. The third-order valence-corrected chi connectivity index (χ3v) is 6.28. The number of likely N-dealkylation sites (tertiary alicyclic amines) is 1. The van der Waals surface area contributed by atoms with Crippen LogP contribution in [-0.4, -0.2) is 67.7 Å². The van der Waals surface area contributed by atoms with E-state index in [9.17, 15) is 4.79 Å². The van der Waals surface area contributed by atoms with E-state index in [4.69, 9.17) is 9.47 Å². The second kappa shape index (κ2) is 9.07. The summed E-state index contributed by atoms with van der Waals surface area (Å²) in [7, 11) is 0. The predicted molar refractivity (Wildman–Crippen MR) is 105 cm³/mol. The Morgan fingerprint density at radius 2 is 1.81 bits per heavy atom. The van der Waals surface area contributed by atoms with Crippen LogP contribution in [0.4, 0.5) is 0 Å². The minimum atomic E-state index is 0.0603. The van der Waals surface area contributed by atoms with Gasteiger partial charge in [0.05, 0.1) is 25.4 Å². The van der Waals surface area contributed by atoms with Gasteiger partial charge >= 0.3 is 0 Å². The highest BCUT2D eigenvalue weighted by molar-refractivity contribution is 5.97. The molecule has 1 unspecified atom stereocenters. The first kappa shape index (κ1) is 18.8. The number of hydrogen-bond acceptors (Lipinski definition) is 4. The zero-order valence-corrected chi connectivity index (χ0v) is 16.3. The van der Waals surface area contributed by atoms with E-state index < -0.39 is 0 Å². The van der Waals surface area contributed by atoms with Gasteiger partial charge in [-0.25, -0.2) is 0 Å². The lowest BCUT2D eigenvalue weighted by molar-refractivity contribution is 0.0299. The summed E-state index contributed by atoms with van der Waals surface area (Å²) >= 11 is 0. The first-order valence-electron chi connectivity index (χ1n) is 10.6. The number of carbonyl (C=O) groups excluding carboxylic acids is 1. The number of morpholine rings is 1. The van der Waals surface area contributed by atoms with Gasteiger partial charge in [-0.1, -0.05) is 25.0 Å². The molecule has 0 bridgehead atoms. The number of nitrogens with zero attached hydrogens (tertiary/aromatic N) is 2. The maximum Gasteiger partial charge on any atom is 0.257 e. The molecule has 3 aliphatic rings. The number of hydrogen-bond donors (Lipinski definition) is 0. The summed E-state index contributed by atoms with van der Waals surface area (Å²) in [4.78, 5) is 17.4. The number of benzene rings is 1. The zero-order valence-electron chi connectivity index (χ0n) is 16.3. The molecule has 0 N–H and O–H groups in total. The van der Waals surface area contributed by atoms with Gasteiger partial charge in [-0.05, 0) is 44.4 Å². The van der Waals surface area contributed by atoms with Crippen molar-refractivity contribution in [1.82, 2.24) is 9.80 Å². The normalized spacial score (nSPS) is 24.9. The largest absolute Gasteiger partial charge is 0.492 e.